The molecule has 0 aliphatic heterocycles. The Morgan fingerprint density at radius 3 is 2.48 bits per heavy atom. The second kappa shape index (κ2) is 5.69. The number of hydrogen-bond acceptors (Lipinski definition) is 2. The normalized spacial score (nSPS) is 11.0. The Balaban J connectivity index is 1.85. The summed E-state index contributed by atoms with van der Waals surface area (Å²) < 4.78 is 2.02. The van der Waals surface area contributed by atoms with Gasteiger partial charge in [0, 0.05) is 15.5 Å². The quantitative estimate of drug-likeness (QED) is 0.602. The number of aryl methyl sites for hydroxylation is 1. The van der Waals surface area contributed by atoms with Crippen molar-refractivity contribution in [1.82, 2.24) is 9.97 Å². The molecular formula is C15H13Br2N3O. The molecule has 0 aliphatic rings. The van der Waals surface area contributed by atoms with Crippen LogP contribution in [-0.2, 0) is 6.54 Å². The molecule has 0 radical (unpaired) electrons. The van der Waals surface area contributed by atoms with Gasteiger partial charge in [-0.3, -0.25) is 0 Å². The molecule has 21 heavy (non-hydrogen) atoms. The third-order valence-corrected chi connectivity index (χ3v) is 4.83. The minimum absolute atomic E-state index is 0.198. The lowest BCUT2D eigenvalue weighted by atomic mass is 10.1. The molecule has 0 aliphatic carbocycles. The first-order valence-corrected chi connectivity index (χ1v) is 8.02. The van der Waals surface area contributed by atoms with Crippen LogP contribution in [0.25, 0.3) is 11.0 Å². The third-order valence-electron chi connectivity index (χ3n) is 3.32. The number of aromatic amines is 2. The highest BCUT2D eigenvalue weighted by Gasteiger charge is 2.06. The van der Waals surface area contributed by atoms with Crippen LogP contribution in [0.15, 0.2) is 44.1 Å². The maximum absolute atomic E-state index is 11.3. The molecule has 3 rings (SSSR count). The summed E-state index contributed by atoms with van der Waals surface area (Å²) in [5, 5.41) is 3.37. The molecule has 0 amide bonds. The van der Waals surface area contributed by atoms with E-state index in [9.17, 15) is 4.79 Å². The highest BCUT2D eigenvalue weighted by molar-refractivity contribution is 9.10. The van der Waals surface area contributed by atoms with Crippen LogP contribution in [0.2, 0.25) is 0 Å². The zero-order chi connectivity index (χ0) is 15.0. The maximum atomic E-state index is 11.3. The predicted octanol–water partition coefficient (Wildman–Crippen LogP) is 4.30. The second-order valence-electron chi connectivity index (χ2n) is 4.89. The molecular weight excluding hydrogens is 398 g/mol. The number of nitrogens with one attached hydrogen (secondary N) is 3. The lowest BCUT2D eigenvalue weighted by Gasteiger charge is -2.10. The fourth-order valence-corrected chi connectivity index (χ4v) is 3.04. The minimum atomic E-state index is -0.198. The fraction of sp³-hybridized carbons (Fsp3) is 0.133. The van der Waals surface area contributed by atoms with Crippen molar-refractivity contribution in [2.45, 2.75) is 13.5 Å². The zero-order valence-electron chi connectivity index (χ0n) is 11.3. The Hall–Kier alpha value is -1.53. The number of halogens is 2. The van der Waals surface area contributed by atoms with Crippen LogP contribution in [-0.4, -0.2) is 9.97 Å². The average Bonchev–Trinajstić information content (AvgIpc) is 2.79. The van der Waals surface area contributed by atoms with Crippen molar-refractivity contribution in [1.29, 1.82) is 0 Å². The van der Waals surface area contributed by atoms with E-state index in [0.29, 0.717) is 6.54 Å². The van der Waals surface area contributed by atoms with Crippen LogP contribution >= 0.6 is 31.9 Å². The van der Waals surface area contributed by atoms with Gasteiger partial charge >= 0.3 is 5.69 Å². The molecule has 6 heteroatoms. The molecule has 0 unspecified atom stereocenters. The van der Waals surface area contributed by atoms with E-state index in [2.05, 4.69) is 72.3 Å². The molecule has 0 spiro atoms. The van der Waals surface area contributed by atoms with Crippen molar-refractivity contribution < 1.29 is 0 Å². The number of anilines is 1. The smallest absolute Gasteiger partial charge is 0.323 e. The van der Waals surface area contributed by atoms with Gasteiger partial charge in [-0.05, 0) is 52.2 Å². The van der Waals surface area contributed by atoms with Crippen molar-refractivity contribution in [3.05, 3.63) is 60.9 Å². The topological polar surface area (TPSA) is 60.7 Å². The Kier molecular flexibility index (Phi) is 3.91. The first kappa shape index (κ1) is 14.4. The monoisotopic (exact) mass is 409 g/mol. The van der Waals surface area contributed by atoms with E-state index < -0.39 is 0 Å². The summed E-state index contributed by atoms with van der Waals surface area (Å²) in [6, 6.07) is 10.1. The summed E-state index contributed by atoms with van der Waals surface area (Å²) in [6.45, 7) is 2.77. The summed E-state index contributed by atoms with van der Waals surface area (Å²) in [4.78, 5) is 16.8. The van der Waals surface area contributed by atoms with Gasteiger partial charge in [-0.1, -0.05) is 28.1 Å². The molecule has 108 valence electrons. The van der Waals surface area contributed by atoms with E-state index in [1.807, 2.05) is 12.1 Å². The van der Waals surface area contributed by atoms with Gasteiger partial charge in [-0.2, -0.15) is 0 Å². The molecule has 0 saturated carbocycles. The molecule has 1 aromatic heterocycles. The van der Waals surface area contributed by atoms with Gasteiger partial charge in [0.2, 0.25) is 0 Å². The number of fused-ring (bicyclic) bond motifs is 1. The Morgan fingerprint density at radius 2 is 1.76 bits per heavy atom. The number of imidazole rings is 1. The van der Waals surface area contributed by atoms with Gasteiger partial charge in [0.05, 0.1) is 16.7 Å². The molecule has 0 fully saturated rings. The Bertz CT molecular complexity index is 867. The van der Waals surface area contributed by atoms with E-state index in [1.54, 1.807) is 0 Å². The number of aromatic nitrogens is 2. The van der Waals surface area contributed by atoms with Crippen LogP contribution in [0, 0.1) is 6.92 Å². The van der Waals surface area contributed by atoms with Gasteiger partial charge in [0.15, 0.2) is 0 Å². The lowest BCUT2D eigenvalue weighted by molar-refractivity contribution is 1.14. The van der Waals surface area contributed by atoms with Gasteiger partial charge < -0.3 is 15.3 Å². The maximum Gasteiger partial charge on any atom is 0.323 e. The highest BCUT2D eigenvalue weighted by atomic mass is 79.9. The second-order valence-corrected chi connectivity index (χ2v) is 6.60. The number of rotatable bonds is 3. The van der Waals surface area contributed by atoms with Crippen molar-refractivity contribution in [2.75, 3.05) is 5.32 Å². The molecule has 0 atom stereocenters. The zero-order valence-corrected chi connectivity index (χ0v) is 14.4. The number of H-pyrrole nitrogens is 2. The van der Waals surface area contributed by atoms with E-state index in [1.165, 1.54) is 11.1 Å². The van der Waals surface area contributed by atoms with Crippen molar-refractivity contribution in [3.8, 4) is 0 Å². The third kappa shape index (κ3) is 3.06. The molecule has 1 heterocycles. The van der Waals surface area contributed by atoms with Gasteiger partial charge in [-0.15, -0.1) is 0 Å². The van der Waals surface area contributed by atoms with E-state index >= 15 is 0 Å². The molecule has 0 saturated heterocycles. The number of hydrogen-bond donors (Lipinski definition) is 3. The summed E-state index contributed by atoms with van der Waals surface area (Å²) in [5.41, 5.74) is 4.71. The molecule has 3 aromatic rings. The van der Waals surface area contributed by atoms with Crippen LogP contribution in [0.5, 0.6) is 0 Å². The molecule has 3 N–H and O–H groups in total. The fourth-order valence-electron chi connectivity index (χ4n) is 2.14. The van der Waals surface area contributed by atoms with Gasteiger partial charge in [0.1, 0.15) is 0 Å². The van der Waals surface area contributed by atoms with Crippen molar-refractivity contribution in [3.63, 3.8) is 0 Å². The van der Waals surface area contributed by atoms with Crippen molar-refractivity contribution in [2.24, 2.45) is 0 Å². The van der Waals surface area contributed by atoms with Crippen LogP contribution in [0.1, 0.15) is 11.1 Å². The summed E-state index contributed by atoms with van der Waals surface area (Å²) >= 11 is 7.06. The van der Waals surface area contributed by atoms with Gasteiger partial charge in [0.25, 0.3) is 0 Å². The largest absolute Gasteiger partial charge is 0.380 e. The highest BCUT2D eigenvalue weighted by Crippen LogP contribution is 2.27. The Morgan fingerprint density at radius 1 is 1.05 bits per heavy atom. The minimum Gasteiger partial charge on any atom is -0.380 e. The van der Waals surface area contributed by atoms with Crippen LogP contribution < -0.4 is 11.0 Å². The number of benzene rings is 2. The van der Waals surface area contributed by atoms with Crippen molar-refractivity contribution >= 4 is 48.6 Å². The van der Waals surface area contributed by atoms with Crippen LogP contribution in [0.3, 0.4) is 0 Å². The van der Waals surface area contributed by atoms with E-state index in [4.69, 9.17) is 0 Å². The molecule has 2 aromatic carbocycles. The Labute approximate surface area is 138 Å². The summed E-state index contributed by atoms with van der Waals surface area (Å²) in [5.74, 6) is 0. The van der Waals surface area contributed by atoms with Gasteiger partial charge in [-0.25, -0.2) is 4.79 Å². The first-order chi connectivity index (χ1) is 10.0. The van der Waals surface area contributed by atoms with Crippen LogP contribution in [0.4, 0.5) is 5.69 Å². The standard InChI is InChI=1S/C15H13Br2N3O/c1-8-2-3-9(4-10(8)16)7-18-12-6-14-13(5-11(12)17)19-15(21)20-14/h2-6,18H,7H2,1H3,(H2,19,20,21). The predicted molar refractivity (Wildman–Crippen MR) is 92.8 cm³/mol. The van der Waals surface area contributed by atoms with E-state index in [0.717, 1.165) is 25.7 Å². The first-order valence-electron chi connectivity index (χ1n) is 6.43. The SMILES string of the molecule is Cc1ccc(CNc2cc3[nH]c(=O)[nH]c3cc2Br)cc1Br. The average molecular weight is 411 g/mol. The summed E-state index contributed by atoms with van der Waals surface area (Å²) in [6.07, 6.45) is 0. The molecule has 0 bridgehead atoms. The van der Waals surface area contributed by atoms with E-state index in [-0.39, 0.29) is 5.69 Å². The summed E-state index contributed by atoms with van der Waals surface area (Å²) in [7, 11) is 0. The molecule has 4 nitrogen and oxygen atoms in total. The lowest BCUT2D eigenvalue weighted by Crippen LogP contribution is -2.00.